The van der Waals surface area contributed by atoms with Gasteiger partial charge >= 0.3 is 0 Å². The minimum absolute atomic E-state index is 0.0594. The third kappa shape index (κ3) is 3.37. The topological polar surface area (TPSA) is 63.5 Å². The SMILES string of the molecule is CC1CCCC(N(C)C(=O)c2cc(F)ccc2[N+](=O)[O-])C1. The van der Waals surface area contributed by atoms with Gasteiger partial charge in [-0.05, 0) is 30.9 Å². The lowest BCUT2D eigenvalue weighted by Crippen LogP contribution is -2.40. The van der Waals surface area contributed by atoms with Crippen LogP contribution < -0.4 is 0 Å². The fourth-order valence-electron chi connectivity index (χ4n) is 2.95. The van der Waals surface area contributed by atoms with Gasteiger partial charge in [0, 0.05) is 19.2 Å². The molecule has 0 spiro atoms. The molecule has 114 valence electrons. The Morgan fingerprint density at radius 2 is 2.14 bits per heavy atom. The second-order valence-electron chi connectivity index (χ2n) is 5.76. The van der Waals surface area contributed by atoms with E-state index < -0.39 is 16.6 Å². The van der Waals surface area contributed by atoms with Crippen molar-refractivity contribution in [1.29, 1.82) is 0 Å². The maximum atomic E-state index is 13.3. The average molecular weight is 294 g/mol. The molecule has 2 atom stereocenters. The molecule has 1 aromatic carbocycles. The normalized spacial score (nSPS) is 21.9. The van der Waals surface area contributed by atoms with Gasteiger partial charge in [0.2, 0.25) is 0 Å². The van der Waals surface area contributed by atoms with Crippen molar-refractivity contribution < 1.29 is 14.1 Å². The minimum atomic E-state index is -0.649. The first kappa shape index (κ1) is 15.4. The van der Waals surface area contributed by atoms with Gasteiger partial charge in [-0.3, -0.25) is 14.9 Å². The number of hydrogen-bond donors (Lipinski definition) is 0. The zero-order valence-corrected chi connectivity index (χ0v) is 12.2. The smallest absolute Gasteiger partial charge is 0.282 e. The van der Waals surface area contributed by atoms with Crippen molar-refractivity contribution in [3.8, 4) is 0 Å². The highest BCUT2D eigenvalue weighted by molar-refractivity contribution is 5.98. The van der Waals surface area contributed by atoms with Crippen LogP contribution in [0, 0.1) is 21.8 Å². The van der Waals surface area contributed by atoms with Gasteiger partial charge in [0.25, 0.3) is 11.6 Å². The Bertz CT molecular complexity index is 562. The summed E-state index contributed by atoms with van der Waals surface area (Å²) in [6, 6.07) is 3.05. The van der Waals surface area contributed by atoms with E-state index in [0.29, 0.717) is 5.92 Å². The van der Waals surface area contributed by atoms with Gasteiger partial charge in [-0.15, -0.1) is 0 Å². The van der Waals surface area contributed by atoms with Gasteiger partial charge < -0.3 is 4.90 Å². The van der Waals surface area contributed by atoms with Gasteiger partial charge in [0.05, 0.1) is 4.92 Å². The van der Waals surface area contributed by atoms with E-state index in [9.17, 15) is 19.3 Å². The zero-order valence-electron chi connectivity index (χ0n) is 12.2. The predicted molar refractivity (Wildman–Crippen MR) is 76.6 cm³/mol. The molecule has 0 N–H and O–H groups in total. The van der Waals surface area contributed by atoms with Crippen LogP contribution in [0.3, 0.4) is 0 Å². The van der Waals surface area contributed by atoms with Gasteiger partial charge in [-0.25, -0.2) is 4.39 Å². The minimum Gasteiger partial charge on any atom is -0.338 e. The van der Waals surface area contributed by atoms with E-state index in [-0.39, 0.29) is 17.3 Å². The van der Waals surface area contributed by atoms with Crippen molar-refractivity contribution >= 4 is 11.6 Å². The first-order chi connectivity index (χ1) is 9.90. The summed E-state index contributed by atoms with van der Waals surface area (Å²) in [7, 11) is 1.64. The fourth-order valence-corrected chi connectivity index (χ4v) is 2.95. The molecule has 2 unspecified atom stereocenters. The molecule has 0 aliphatic heterocycles. The van der Waals surface area contributed by atoms with Crippen LogP contribution >= 0.6 is 0 Å². The van der Waals surface area contributed by atoms with E-state index in [4.69, 9.17) is 0 Å². The van der Waals surface area contributed by atoms with E-state index in [0.717, 1.165) is 43.9 Å². The number of carbonyl (C=O) groups excluding carboxylic acids is 1. The Balaban J connectivity index is 2.26. The van der Waals surface area contributed by atoms with Crippen LogP contribution in [-0.4, -0.2) is 28.8 Å². The van der Waals surface area contributed by atoms with Crippen LogP contribution in [0.15, 0.2) is 18.2 Å². The average Bonchev–Trinajstić information content (AvgIpc) is 2.45. The van der Waals surface area contributed by atoms with Crippen LogP contribution in [0.4, 0.5) is 10.1 Å². The van der Waals surface area contributed by atoms with Crippen molar-refractivity contribution in [2.45, 2.75) is 38.6 Å². The zero-order chi connectivity index (χ0) is 15.6. The molecule has 0 bridgehead atoms. The second-order valence-corrected chi connectivity index (χ2v) is 5.76. The molecule has 1 aliphatic carbocycles. The Morgan fingerprint density at radius 3 is 2.76 bits per heavy atom. The molecule has 6 heteroatoms. The number of amides is 1. The molecule has 1 aliphatic rings. The molecule has 0 radical (unpaired) electrons. The Kier molecular flexibility index (Phi) is 4.55. The number of rotatable bonds is 3. The lowest BCUT2D eigenvalue weighted by atomic mass is 9.86. The van der Waals surface area contributed by atoms with Crippen molar-refractivity contribution in [2.75, 3.05) is 7.05 Å². The first-order valence-corrected chi connectivity index (χ1v) is 7.11. The van der Waals surface area contributed by atoms with E-state index >= 15 is 0 Å². The number of nitro benzene ring substituents is 1. The highest BCUT2D eigenvalue weighted by atomic mass is 19.1. The van der Waals surface area contributed by atoms with Gasteiger partial charge in [-0.2, -0.15) is 0 Å². The molecule has 0 heterocycles. The van der Waals surface area contributed by atoms with Crippen LogP contribution in [0.25, 0.3) is 0 Å². The van der Waals surface area contributed by atoms with Crippen molar-refractivity contribution in [1.82, 2.24) is 4.90 Å². The quantitative estimate of drug-likeness (QED) is 0.634. The second kappa shape index (κ2) is 6.20. The van der Waals surface area contributed by atoms with Crippen LogP contribution in [0.1, 0.15) is 43.0 Å². The summed E-state index contributed by atoms with van der Waals surface area (Å²) in [5.74, 6) is -0.601. The summed E-state index contributed by atoms with van der Waals surface area (Å²) in [5, 5.41) is 11.0. The molecule has 0 saturated heterocycles. The lowest BCUT2D eigenvalue weighted by Gasteiger charge is -2.34. The van der Waals surface area contributed by atoms with Crippen LogP contribution in [0.2, 0.25) is 0 Å². The fraction of sp³-hybridized carbons (Fsp3) is 0.533. The van der Waals surface area contributed by atoms with Crippen LogP contribution in [0.5, 0.6) is 0 Å². The first-order valence-electron chi connectivity index (χ1n) is 7.11. The monoisotopic (exact) mass is 294 g/mol. The van der Waals surface area contributed by atoms with Gasteiger partial charge in [0.15, 0.2) is 0 Å². The van der Waals surface area contributed by atoms with Crippen molar-refractivity contribution in [2.24, 2.45) is 5.92 Å². The molecule has 1 amide bonds. The summed E-state index contributed by atoms with van der Waals surface area (Å²) in [6.45, 7) is 2.13. The Labute approximate surface area is 122 Å². The molecule has 1 aromatic rings. The third-order valence-electron chi connectivity index (χ3n) is 4.16. The van der Waals surface area contributed by atoms with E-state index in [1.807, 2.05) is 0 Å². The number of carbonyl (C=O) groups is 1. The summed E-state index contributed by atoms with van der Waals surface area (Å²) in [4.78, 5) is 24.4. The number of nitrogens with zero attached hydrogens (tertiary/aromatic N) is 2. The maximum absolute atomic E-state index is 13.3. The predicted octanol–water partition coefficient (Wildman–Crippen LogP) is 3.38. The number of hydrogen-bond acceptors (Lipinski definition) is 3. The van der Waals surface area contributed by atoms with Crippen molar-refractivity contribution in [3.05, 3.63) is 39.7 Å². The van der Waals surface area contributed by atoms with Crippen molar-refractivity contribution in [3.63, 3.8) is 0 Å². The molecule has 5 nitrogen and oxygen atoms in total. The number of nitro groups is 1. The molecule has 21 heavy (non-hydrogen) atoms. The molecule has 1 saturated carbocycles. The third-order valence-corrected chi connectivity index (χ3v) is 4.16. The molecule has 2 rings (SSSR count). The molecular weight excluding hydrogens is 275 g/mol. The lowest BCUT2D eigenvalue weighted by molar-refractivity contribution is -0.385. The van der Waals surface area contributed by atoms with E-state index in [1.54, 1.807) is 7.05 Å². The Hall–Kier alpha value is -1.98. The summed E-state index contributed by atoms with van der Waals surface area (Å²) < 4.78 is 13.3. The number of benzene rings is 1. The summed E-state index contributed by atoms with van der Waals surface area (Å²) in [6.07, 6.45) is 3.94. The standard InChI is InChI=1S/C15H19FN2O3/c1-10-4-3-5-12(8-10)17(2)15(19)13-9-11(16)6-7-14(13)18(20)21/h6-7,9-10,12H,3-5,8H2,1-2H3. The highest BCUT2D eigenvalue weighted by Gasteiger charge is 2.29. The van der Waals surface area contributed by atoms with Gasteiger partial charge in [-0.1, -0.05) is 19.8 Å². The summed E-state index contributed by atoms with van der Waals surface area (Å²) in [5.41, 5.74) is -0.530. The maximum Gasteiger partial charge on any atom is 0.282 e. The molecule has 1 fully saturated rings. The van der Waals surface area contributed by atoms with Gasteiger partial charge in [0.1, 0.15) is 11.4 Å². The van der Waals surface area contributed by atoms with Crippen LogP contribution in [-0.2, 0) is 0 Å². The molecular formula is C15H19FN2O3. The Morgan fingerprint density at radius 1 is 1.43 bits per heavy atom. The molecule has 0 aromatic heterocycles. The van der Waals surface area contributed by atoms with E-state index in [2.05, 4.69) is 6.92 Å². The summed E-state index contributed by atoms with van der Waals surface area (Å²) >= 11 is 0. The number of halogens is 1. The largest absolute Gasteiger partial charge is 0.338 e. The van der Waals surface area contributed by atoms with E-state index in [1.165, 1.54) is 4.90 Å². The highest BCUT2D eigenvalue weighted by Crippen LogP contribution is 2.29.